The van der Waals surface area contributed by atoms with Gasteiger partial charge in [-0.05, 0) is 36.1 Å². The number of ether oxygens (including phenoxy) is 5. The predicted molar refractivity (Wildman–Crippen MR) is 111 cm³/mol. The normalized spacial score (nSPS) is 12.8. The van der Waals surface area contributed by atoms with Gasteiger partial charge in [0.25, 0.3) is 0 Å². The Morgan fingerprint density at radius 1 is 0.935 bits per heavy atom. The molecular weight excluding hydrogens is 408 g/mol. The van der Waals surface area contributed by atoms with E-state index in [1.165, 1.54) is 7.11 Å². The third-order valence-corrected chi connectivity index (χ3v) is 4.26. The minimum atomic E-state index is -1.04. The first kappa shape index (κ1) is 24.4. The lowest BCUT2D eigenvalue weighted by Crippen LogP contribution is -2.27. The van der Waals surface area contributed by atoms with Crippen molar-refractivity contribution >= 4 is 22.7 Å². The molecule has 9 heteroatoms. The van der Waals surface area contributed by atoms with Gasteiger partial charge in [-0.15, -0.1) is 0 Å². The SMILES string of the molecule is CCC(O)COc1cccc2cc(OCC(O)COC(=O)COCC(=O)OC)ccc12. The fraction of sp³-hybridized carbons (Fsp3) is 0.455. The Morgan fingerprint density at radius 3 is 2.42 bits per heavy atom. The van der Waals surface area contributed by atoms with Crippen LogP contribution >= 0.6 is 0 Å². The van der Waals surface area contributed by atoms with Crippen LogP contribution in [0.2, 0.25) is 0 Å². The van der Waals surface area contributed by atoms with Gasteiger partial charge in [-0.25, -0.2) is 9.59 Å². The molecule has 0 heterocycles. The molecule has 0 aliphatic carbocycles. The summed E-state index contributed by atoms with van der Waals surface area (Å²) < 4.78 is 25.3. The zero-order chi connectivity index (χ0) is 22.6. The summed E-state index contributed by atoms with van der Waals surface area (Å²) in [5.74, 6) is -0.119. The number of aliphatic hydroxyl groups excluding tert-OH is 2. The van der Waals surface area contributed by atoms with E-state index in [4.69, 9.17) is 18.9 Å². The largest absolute Gasteiger partial charge is 0.491 e. The average molecular weight is 436 g/mol. The first-order valence-corrected chi connectivity index (χ1v) is 9.87. The molecule has 2 atom stereocenters. The van der Waals surface area contributed by atoms with Crippen molar-refractivity contribution in [1.29, 1.82) is 0 Å². The summed E-state index contributed by atoms with van der Waals surface area (Å²) in [7, 11) is 1.21. The zero-order valence-corrected chi connectivity index (χ0v) is 17.6. The number of fused-ring (bicyclic) bond motifs is 1. The highest BCUT2D eigenvalue weighted by molar-refractivity contribution is 5.89. The van der Waals surface area contributed by atoms with Crippen molar-refractivity contribution in [2.75, 3.05) is 40.1 Å². The van der Waals surface area contributed by atoms with Gasteiger partial charge in [-0.3, -0.25) is 0 Å². The van der Waals surface area contributed by atoms with Gasteiger partial charge in [0.1, 0.15) is 50.6 Å². The molecule has 170 valence electrons. The maximum absolute atomic E-state index is 11.5. The second-order valence-electron chi connectivity index (χ2n) is 6.73. The summed E-state index contributed by atoms with van der Waals surface area (Å²) in [6, 6.07) is 11.0. The summed E-state index contributed by atoms with van der Waals surface area (Å²) in [5, 5.41) is 21.4. The zero-order valence-electron chi connectivity index (χ0n) is 17.6. The number of aliphatic hydroxyl groups is 2. The highest BCUT2D eigenvalue weighted by Gasteiger charge is 2.12. The quantitative estimate of drug-likeness (QED) is 0.450. The minimum absolute atomic E-state index is 0.0827. The first-order chi connectivity index (χ1) is 14.9. The number of hydrogen-bond acceptors (Lipinski definition) is 9. The van der Waals surface area contributed by atoms with Crippen LogP contribution in [-0.4, -0.2) is 74.5 Å². The van der Waals surface area contributed by atoms with E-state index < -0.39 is 30.8 Å². The fourth-order valence-electron chi connectivity index (χ4n) is 2.50. The number of hydrogen-bond donors (Lipinski definition) is 2. The lowest BCUT2D eigenvalue weighted by Gasteiger charge is -2.15. The Bertz CT molecular complexity index is 852. The highest BCUT2D eigenvalue weighted by atomic mass is 16.6. The standard InChI is InChI=1S/C22H28O9/c1-3-16(23)10-30-20-6-4-5-15-9-18(7-8-19(15)20)29-11-17(24)12-31-22(26)14-28-13-21(25)27-2/h4-9,16-17,23-24H,3,10-14H2,1-2H3. The maximum atomic E-state index is 11.5. The molecule has 0 fully saturated rings. The van der Waals surface area contributed by atoms with E-state index in [2.05, 4.69) is 4.74 Å². The van der Waals surface area contributed by atoms with E-state index in [1.807, 2.05) is 31.2 Å². The number of esters is 2. The van der Waals surface area contributed by atoms with Gasteiger partial charge >= 0.3 is 11.9 Å². The smallest absolute Gasteiger partial charge is 0.332 e. The second-order valence-corrected chi connectivity index (χ2v) is 6.73. The molecule has 2 unspecified atom stereocenters. The van der Waals surface area contributed by atoms with Gasteiger partial charge in [0.2, 0.25) is 0 Å². The maximum Gasteiger partial charge on any atom is 0.332 e. The van der Waals surface area contributed by atoms with Gasteiger partial charge in [0.05, 0.1) is 13.2 Å². The lowest BCUT2D eigenvalue weighted by molar-refractivity contribution is -0.156. The molecule has 2 aromatic carbocycles. The molecule has 0 aliphatic rings. The molecule has 31 heavy (non-hydrogen) atoms. The van der Waals surface area contributed by atoms with Crippen molar-refractivity contribution in [1.82, 2.24) is 0 Å². The number of rotatable bonds is 13. The van der Waals surface area contributed by atoms with Crippen LogP contribution in [0.4, 0.5) is 0 Å². The predicted octanol–water partition coefficient (Wildman–Crippen LogP) is 1.46. The molecule has 9 nitrogen and oxygen atoms in total. The molecule has 0 saturated heterocycles. The Labute approximate surface area is 180 Å². The molecule has 0 saturated carbocycles. The third-order valence-electron chi connectivity index (χ3n) is 4.26. The van der Waals surface area contributed by atoms with Gasteiger partial charge in [-0.2, -0.15) is 0 Å². The molecule has 0 aromatic heterocycles. The van der Waals surface area contributed by atoms with Crippen molar-refractivity contribution in [3.05, 3.63) is 36.4 Å². The van der Waals surface area contributed by atoms with E-state index in [0.29, 0.717) is 17.9 Å². The summed E-state index contributed by atoms with van der Waals surface area (Å²) in [6.45, 7) is 0.965. The van der Waals surface area contributed by atoms with Gasteiger partial charge < -0.3 is 33.9 Å². The van der Waals surface area contributed by atoms with E-state index >= 15 is 0 Å². The third kappa shape index (κ3) is 8.41. The van der Waals surface area contributed by atoms with Crippen LogP contribution < -0.4 is 9.47 Å². The van der Waals surface area contributed by atoms with Gasteiger partial charge in [0, 0.05) is 5.39 Å². The van der Waals surface area contributed by atoms with Crippen molar-refractivity contribution in [3.63, 3.8) is 0 Å². The average Bonchev–Trinajstić information content (AvgIpc) is 2.79. The molecule has 0 radical (unpaired) electrons. The van der Waals surface area contributed by atoms with Crippen LogP contribution in [0.3, 0.4) is 0 Å². The minimum Gasteiger partial charge on any atom is -0.491 e. The summed E-state index contributed by atoms with van der Waals surface area (Å²) >= 11 is 0. The highest BCUT2D eigenvalue weighted by Crippen LogP contribution is 2.29. The van der Waals surface area contributed by atoms with Crippen LogP contribution in [-0.2, 0) is 23.8 Å². The number of benzene rings is 2. The first-order valence-electron chi connectivity index (χ1n) is 9.87. The topological polar surface area (TPSA) is 121 Å². The van der Waals surface area contributed by atoms with Crippen molar-refractivity contribution in [2.24, 2.45) is 0 Å². The van der Waals surface area contributed by atoms with Crippen LogP contribution in [0, 0.1) is 0 Å². The summed E-state index contributed by atoms with van der Waals surface area (Å²) in [4.78, 5) is 22.4. The number of carbonyl (C=O) groups excluding carboxylic acids is 2. The Kier molecular flexibility index (Phi) is 10.0. The van der Waals surface area contributed by atoms with Crippen LogP contribution in [0.15, 0.2) is 36.4 Å². The molecule has 2 N–H and O–H groups in total. The lowest BCUT2D eigenvalue weighted by atomic mass is 10.1. The summed E-state index contributed by atoms with van der Waals surface area (Å²) in [5.41, 5.74) is 0. The second kappa shape index (κ2) is 12.7. The number of carbonyl (C=O) groups is 2. The van der Waals surface area contributed by atoms with E-state index in [0.717, 1.165) is 10.8 Å². The van der Waals surface area contributed by atoms with Gasteiger partial charge in [-0.1, -0.05) is 19.1 Å². The molecule has 0 amide bonds. The Balaban J connectivity index is 1.80. The van der Waals surface area contributed by atoms with Crippen molar-refractivity contribution in [3.8, 4) is 11.5 Å². The molecular formula is C22H28O9. The van der Waals surface area contributed by atoms with E-state index in [-0.39, 0.29) is 26.4 Å². The number of methoxy groups -OCH3 is 1. The summed E-state index contributed by atoms with van der Waals surface area (Å²) in [6.07, 6.45) is -0.945. The van der Waals surface area contributed by atoms with E-state index in [1.54, 1.807) is 12.1 Å². The Hall–Kier alpha value is -2.88. The molecule has 2 rings (SSSR count). The monoisotopic (exact) mass is 436 g/mol. The Morgan fingerprint density at radius 2 is 1.68 bits per heavy atom. The fourth-order valence-corrected chi connectivity index (χ4v) is 2.50. The molecule has 0 spiro atoms. The van der Waals surface area contributed by atoms with Crippen LogP contribution in [0.1, 0.15) is 13.3 Å². The van der Waals surface area contributed by atoms with E-state index in [9.17, 15) is 19.8 Å². The van der Waals surface area contributed by atoms with Crippen LogP contribution in [0.25, 0.3) is 10.8 Å². The van der Waals surface area contributed by atoms with Crippen LogP contribution in [0.5, 0.6) is 11.5 Å². The van der Waals surface area contributed by atoms with Crippen molar-refractivity contribution in [2.45, 2.75) is 25.6 Å². The van der Waals surface area contributed by atoms with Gasteiger partial charge in [0.15, 0.2) is 0 Å². The van der Waals surface area contributed by atoms with Crippen molar-refractivity contribution < 1.29 is 43.5 Å². The molecule has 2 aromatic rings. The molecule has 0 bridgehead atoms. The molecule has 0 aliphatic heterocycles.